The predicted octanol–water partition coefficient (Wildman–Crippen LogP) is 1.24. The van der Waals surface area contributed by atoms with Gasteiger partial charge in [0.1, 0.15) is 5.75 Å². The lowest BCUT2D eigenvalue weighted by Crippen LogP contribution is -1.88. The van der Waals surface area contributed by atoms with Crippen LogP contribution in [0.1, 0.15) is 0 Å². The topological polar surface area (TPSA) is 79.1 Å². The van der Waals surface area contributed by atoms with Crippen molar-refractivity contribution >= 4 is 30.3 Å². The molecule has 1 aromatic rings. The zero-order valence-corrected chi connectivity index (χ0v) is 8.53. The molecule has 0 unspecified atom stereocenters. The molecule has 5 nitrogen and oxygen atoms in total. The number of isocyanates is 1. The Balaban J connectivity index is 2.84. The summed E-state index contributed by atoms with van der Waals surface area (Å²) in [6.07, 6.45) is 1.37. The first-order chi connectivity index (χ1) is 6.51. The van der Waals surface area contributed by atoms with Gasteiger partial charge in [0.2, 0.25) is 6.08 Å². The van der Waals surface area contributed by atoms with Gasteiger partial charge < -0.3 is 14.3 Å². The van der Waals surface area contributed by atoms with Gasteiger partial charge in [0.05, 0.1) is 5.69 Å². The number of carbonyl (C=O) groups excluding carboxylic acids is 1. The second-order valence-electron chi connectivity index (χ2n) is 2.28. The van der Waals surface area contributed by atoms with E-state index in [-0.39, 0.29) is 5.75 Å². The molecule has 0 aliphatic rings. The molecule has 0 saturated heterocycles. The highest BCUT2D eigenvalue weighted by Crippen LogP contribution is 2.38. The molecule has 0 aliphatic carbocycles. The quantitative estimate of drug-likeness (QED) is 0.465. The van der Waals surface area contributed by atoms with E-state index >= 15 is 0 Å². The van der Waals surface area contributed by atoms with E-state index in [0.717, 1.165) is 0 Å². The van der Waals surface area contributed by atoms with Crippen molar-refractivity contribution in [1.82, 2.24) is 0 Å². The summed E-state index contributed by atoms with van der Waals surface area (Å²) in [7, 11) is 0. The third kappa shape index (κ3) is 3.79. The van der Waals surface area contributed by atoms with Gasteiger partial charge in [0, 0.05) is 11.8 Å². The third-order valence-electron chi connectivity index (χ3n) is 1.24. The van der Waals surface area contributed by atoms with Gasteiger partial charge in [-0.15, -0.1) is 0 Å². The van der Waals surface area contributed by atoms with E-state index in [1.54, 1.807) is 0 Å². The Hall–Kier alpha value is -1.03. The van der Waals surface area contributed by atoms with Crippen molar-refractivity contribution in [1.29, 1.82) is 0 Å². The molecule has 0 heterocycles. The average Bonchev–Trinajstić information content (AvgIpc) is 2.06. The second kappa shape index (κ2) is 4.46. The highest BCUT2D eigenvalue weighted by molar-refractivity contribution is 8.06. The van der Waals surface area contributed by atoms with Crippen molar-refractivity contribution in [3.05, 3.63) is 24.3 Å². The lowest BCUT2D eigenvalue weighted by molar-refractivity contribution is 0.370. The molecule has 0 aromatic heterocycles. The normalized spacial score (nSPS) is 10.4. The van der Waals surface area contributed by atoms with Gasteiger partial charge in [-0.25, -0.2) is 4.79 Å². The van der Waals surface area contributed by atoms with Crippen LogP contribution in [-0.4, -0.2) is 15.9 Å². The highest BCUT2D eigenvalue weighted by Gasteiger charge is 2.09. The van der Waals surface area contributed by atoms with E-state index < -0.39 is 6.72 Å². The maximum Gasteiger partial charge on any atom is 0.375 e. The molecule has 0 fully saturated rings. The molecular formula is C7H6NO4PS. The number of benzene rings is 1. The van der Waals surface area contributed by atoms with Crippen molar-refractivity contribution < 1.29 is 19.1 Å². The van der Waals surface area contributed by atoms with Crippen LogP contribution in [0.4, 0.5) is 5.69 Å². The SMILES string of the molecule is O=C=Nc1ccc(OP(O)(O)=S)cc1. The molecule has 0 spiro atoms. The highest BCUT2D eigenvalue weighted by atomic mass is 32.5. The van der Waals surface area contributed by atoms with E-state index in [2.05, 4.69) is 21.3 Å². The molecular weight excluding hydrogens is 225 g/mol. The molecule has 1 rings (SSSR count). The van der Waals surface area contributed by atoms with Gasteiger partial charge in [0.15, 0.2) is 0 Å². The summed E-state index contributed by atoms with van der Waals surface area (Å²) >= 11 is 4.27. The molecule has 14 heavy (non-hydrogen) atoms. The molecule has 1 aromatic carbocycles. The van der Waals surface area contributed by atoms with E-state index in [0.29, 0.717) is 5.69 Å². The summed E-state index contributed by atoms with van der Waals surface area (Å²) in [4.78, 5) is 30.8. The standard InChI is InChI=1S/C7H6NO4PS/c9-5-8-6-1-3-7(4-2-6)12-13(10,11)14/h1-4H,(H2,10,11,14). The maximum atomic E-state index is 9.87. The Bertz CT molecular complexity index is 406. The fourth-order valence-corrected chi connectivity index (χ4v) is 1.43. The van der Waals surface area contributed by atoms with Crippen LogP contribution in [0.15, 0.2) is 29.3 Å². The zero-order chi connectivity index (χ0) is 10.6. The molecule has 0 aliphatic heterocycles. The minimum atomic E-state index is -3.69. The largest absolute Gasteiger partial charge is 0.424 e. The first kappa shape index (κ1) is 11.0. The molecule has 0 amide bonds. The molecule has 7 heteroatoms. The summed E-state index contributed by atoms with van der Waals surface area (Å²) in [5.41, 5.74) is 0.400. The Morgan fingerprint density at radius 2 is 1.93 bits per heavy atom. The van der Waals surface area contributed by atoms with Gasteiger partial charge in [-0.1, -0.05) is 0 Å². The van der Waals surface area contributed by atoms with Crippen LogP contribution >= 0.6 is 6.72 Å². The number of hydrogen-bond acceptors (Lipinski definition) is 4. The third-order valence-corrected chi connectivity index (χ3v) is 1.91. The minimum Gasteiger partial charge on any atom is -0.424 e. The van der Waals surface area contributed by atoms with Crippen LogP contribution in [0, 0.1) is 0 Å². The number of aliphatic imine (C=N–C) groups is 1. The number of rotatable bonds is 3. The zero-order valence-electron chi connectivity index (χ0n) is 6.82. The second-order valence-corrected chi connectivity index (χ2v) is 4.87. The lowest BCUT2D eigenvalue weighted by atomic mass is 10.3. The first-order valence-electron chi connectivity index (χ1n) is 3.44. The van der Waals surface area contributed by atoms with E-state index in [1.165, 1.54) is 30.3 Å². The van der Waals surface area contributed by atoms with E-state index in [9.17, 15) is 4.79 Å². The Morgan fingerprint density at radius 1 is 1.36 bits per heavy atom. The fraction of sp³-hybridized carbons (Fsp3) is 0. The Kier molecular flexibility index (Phi) is 3.52. The lowest BCUT2D eigenvalue weighted by Gasteiger charge is -2.09. The summed E-state index contributed by atoms with van der Waals surface area (Å²) in [5, 5.41) is 0. The Labute approximate surface area is 84.9 Å². The average molecular weight is 231 g/mol. The van der Waals surface area contributed by atoms with Crippen molar-refractivity contribution in [2.45, 2.75) is 0 Å². The fourth-order valence-electron chi connectivity index (χ4n) is 0.772. The van der Waals surface area contributed by atoms with Gasteiger partial charge in [-0.05, 0) is 24.3 Å². The molecule has 0 bridgehead atoms. The smallest absolute Gasteiger partial charge is 0.375 e. The molecule has 74 valence electrons. The number of hydrogen-bond donors (Lipinski definition) is 2. The van der Waals surface area contributed by atoms with Crippen molar-refractivity contribution in [2.24, 2.45) is 4.99 Å². The van der Waals surface area contributed by atoms with Crippen LogP contribution < -0.4 is 4.52 Å². The van der Waals surface area contributed by atoms with E-state index in [4.69, 9.17) is 9.79 Å². The number of nitrogens with zero attached hydrogens (tertiary/aromatic N) is 1. The minimum absolute atomic E-state index is 0.211. The monoisotopic (exact) mass is 231 g/mol. The van der Waals surface area contributed by atoms with Crippen LogP contribution in [0.25, 0.3) is 0 Å². The predicted molar refractivity (Wildman–Crippen MR) is 53.6 cm³/mol. The van der Waals surface area contributed by atoms with Crippen LogP contribution in [0.3, 0.4) is 0 Å². The molecule has 2 N–H and O–H groups in total. The van der Waals surface area contributed by atoms with Crippen LogP contribution in [-0.2, 0) is 16.6 Å². The molecule has 0 atom stereocenters. The van der Waals surface area contributed by atoms with Crippen molar-refractivity contribution in [3.63, 3.8) is 0 Å². The molecule has 0 radical (unpaired) electrons. The maximum absolute atomic E-state index is 9.87. The van der Waals surface area contributed by atoms with Crippen LogP contribution in [0.5, 0.6) is 5.75 Å². The van der Waals surface area contributed by atoms with Crippen molar-refractivity contribution in [3.8, 4) is 5.75 Å². The summed E-state index contributed by atoms with van der Waals surface area (Å²) < 4.78 is 4.63. The van der Waals surface area contributed by atoms with Gasteiger partial charge in [-0.2, -0.15) is 4.99 Å². The van der Waals surface area contributed by atoms with Crippen molar-refractivity contribution in [2.75, 3.05) is 0 Å². The Morgan fingerprint density at radius 3 is 2.36 bits per heavy atom. The molecule has 0 saturated carbocycles. The van der Waals surface area contributed by atoms with Gasteiger partial charge in [-0.3, -0.25) is 0 Å². The summed E-state index contributed by atoms with van der Waals surface area (Å²) in [6, 6.07) is 5.77. The van der Waals surface area contributed by atoms with Gasteiger partial charge in [0.25, 0.3) is 0 Å². The summed E-state index contributed by atoms with van der Waals surface area (Å²) in [5.74, 6) is 0.211. The van der Waals surface area contributed by atoms with E-state index in [1.807, 2.05) is 0 Å². The summed E-state index contributed by atoms with van der Waals surface area (Å²) in [6.45, 7) is -3.69. The van der Waals surface area contributed by atoms with Crippen LogP contribution in [0.2, 0.25) is 0 Å². The first-order valence-corrected chi connectivity index (χ1v) is 6.07. The van der Waals surface area contributed by atoms with Gasteiger partial charge >= 0.3 is 6.72 Å².